The quantitative estimate of drug-likeness (QED) is 0.885. The van der Waals surface area contributed by atoms with Gasteiger partial charge in [0.05, 0.1) is 7.11 Å². The molecule has 3 unspecified atom stereocenters. The molecule has 0 bridgehead atoms. The first-order valence-corrected chi connectivity index (χ1v) is 6.71. The van der Waals surface area contributed by atoms with E-state index in [1.54, 1.807) is 7.11 Å². The number of benzene rings is 1. The summed E-state index contributed by atoms with van der Waals surface area (Å²) in [6.45, 7) is 5.62. The molecule has 3 heteroatoms. The van der Waals surface area contributed by atoms with Crippen LogP contribution in [0.4, 0.5) is 0 Å². The molecule has 0 aliphatic carbocycles. The number of likely N-dealkylation sites (tertiary alicyclic amines) is 1. The van der Waals surface area contributed by atoms with Crippen molar-refractivity contribution in [3.63, 3.8) is 0 Å². The molecule has 18 heavy (non-hydrogen) atoms. The molecule has 0 amide bonds. The lowest BCUT2D eigenvalue weighted by atomic mass is 10.1. The number of ether oxygens (including phenoxy) is 1. The normalized spacial score (nSPS) is 26.2. The number of hydrogen-bond acceptors (Lipinski definition) is 3. The molecule has 0 aromatic heterocycles. The van der Waals surface area contributed by atoms with Crippen LogP contribution in [0.2, 0.25) is 0 Å². The summed E-state index contributed by atoms with van der Waals surface area (Å²) in [5.74, 6) is 0.969. The smallest absolute Gasteiger partial charge is 0.123 e. The fraction of sp³-hybridized carbons (Fsp3) is 0.600. The van der Waals surface area contributed by atoms with Gasteiger partial charge in [-0.2, -0.15) is 0 Å². The van der Waals surface area contributed by atoms with E-state index in [0.29, 0.717) is 18.1 Å². The van der Waals surface area contributed by atoms with Crippen molar-refractivity contribution in [1.29, 1.82) is 0 Å². The van der Waals surface area contributed by atoms with Gasteiger partial charge in [0.25, 0.3) is 0 Å². The first kappa shape index (κ1) is 13.4. The Morgan fingerprint density at radius 1 is 1.39 bits per heavy atom. The maximum atomic E-state index is 5.42. The summed E-state index contributed by atoms with van der Waals surface area (Å²) < 4.78 is 5.42. The average Bonchev–Trinajstić information content (AvgIpc) is 2.68. The molecule has 100 valence electrons. The summed E-state index contributed by atoms with van der Waals surface area (Å²) in [5, 5.41) is 3.71. The molecule has 1 aromatic carbocycles. The van der Waals surface area contributed by atoms with Crippen molar-refractivity contribution in [2.45, 2.75) is 38.4 Å². The van der Waals surface area contributed by atoms with Gasteiger partial charge >= 0.3 is 0 Å². The zero-order valence-electron chi connectivity index (χ0n) is 11.8. The van der Waals surface area contributed by atoms with Crippen molar-refractivity contribution < 1.29 is 4.74 Å². The zero-order valence-corrected chi connectivity index (χ0v) is 11.8. The molecule has 1 heterocycles. The molecular weight excluding hydrogens is 224 g/mol. The van der Waals surface area contributed by atoms with Gasteiger partial charge in [-0.15, -0.1) is 0 Å². The molecule has 1 aromatic rings. The first-order chi connectivity index (χ1) is 8.61. The Hall–Kier alpha value is -1.06. The van der Waals surface area contributed by atoms with Crippen LogP contribution in [0.1, 0.15) is 31.9 Å². The summed E-state index contributed by atoms with van der Waals surface area (Å²) in [4.78, 5) is 2.41. The number of likely N-dealkylation sites (N-methyl/N-ethyl adjacent to an activating group) is 1. The van der Waals surface area contributed by atoms with Crippen LogP contribution in [0.5, 0.6) is 5.75 Å². The minimum Gasteiger partial charge on any atom is -0.496 e. The molecule has 1 aliphatic heterocycles. The number of rotatable bonds is 4. The largest absolute Gasteiger partial charge is 0.496 e. The molecule has 0 spiro atoms. The van der Waals surface area contributed by atoms with E-state index >= 15 is 0 Å². The Morgan fingerprint density at radius 3 is 2.72 bits per heavy atom. The predicted molar refractivity (Wildman–Crippen MR) is 75.0 cm³/mol. The highest BCUT2D eigenvalue weighted by Crippen LogP contribution is 2.26. The molecule has 2 rings (SSSR count). The Morgan fingerprint density at radius 2 is 2.11 bits per heavy atom. The van der Waals surface area contributed by atoms with Gasteiger partial charge in [0.15, 0.2) is 0 Å². The van der Waals surface area contributed by atoms with Crippen LogP contribution >= 0.6 is 0 Å². The van der Waals surface area contributed by atoms with Gasteiger partial charge in [0.1, 0.15) is 5.75 Å². The van der Waals surface area contributed by atoms with Gasteiger partial charge in [-0.05, 0) is 33.4 Å². The van der Waals surface area contributed by atoms with Crippen molar-refractivity contribution in [1.82, 2.24) is 10.2 Å². The van der Waals surface area contributed by atoms with Crippen molar-refractivity contribution in [2.24, 2.45) is 0 Å². The lowest BCUT2D eigenvalue weighted by molar-refractivity contribution is 0.324. The van der Waals surface area contributed by atoms with Crippen LogP contribution in [0.3, 0.4) is 0 Å². The van der Waals surface area contributed by atoms with Gasteiger partial charge in [-0.1, -0.05) is 18.2 Å². The lowest BCUT2D eigenvalue weighted by Gasteiger charge is -2.21. The number of methoxy groups -OCH3 is 1. The Balaban J connectivity index is 2.01. The van der Waals surface area contributed by atoms with Crippen LogP contribution in [0, 0.1) is 0 Å². The molecule has 0 radical (unpaired) electrons. The van der Waals surface area contributed by atoms with Crippen LogP contribution in [0.15, 0.2) is 24.3 Å². The highest BCUT2D eigenvalue weighted by molar-refractivity contribution is 5.35. The number of nitrogens with one attached hydrogen (secondary N) is 1. The minimum atomic E-state index is 0.324. The van der Waals surface area contributed by atoms with Crippen molar-refractivity contribution in [3.8, 4) is 5.75 Å². The Kier molecular flexibility index (Phi) is 4.25. The summed E-state index contributed by atoms with van der Waals surface area (Å²) in [5.41, 5.74) is 1.24. The molecule has 0 saturated carbocycles. The van der Waals surface area contributed by atoms with Gasteiger partial charge in [-0.25, -0.2) is 0 Å². The average molecular weight is 248 g/mol. The summed E-state index contributed by atoms with van der Waals surface area (Å²) >= 11 is 0. The summed E-state index contributed by atoms with van der Waals surface area (Å²) in [6.07, 6.45) is 1.22. The van der Waals surface area contributed by atoms with E-state index in [1.807, 2.05) is 12.1 Å². The van der Waals surface area contributed by atoms with E-state index in [0.717, 1.165) is 12.3 Å². The van der Waals surface area contributed by atoms with Crippen molar-refractivity contribution >= 4 is 0 Å². The molecule has 3 atom stereocenters. The topological polar surface area (TPSA) is 24.5 Å². The SMILES string of the molecule is COc1ccccc1C(C)NC1CC(C)N(C)C1. The highest BCUT2D eigenvalue weighted by atomic mass is 16.5. The molecule has 1 N–H and O–H groups in total. The molecule has 3 nitrogen and oxygen atoms in total. The van der Waals surface area contributed by atoms with Gasteiger partial charge in [-0.3, -0.25) is 0 Å². The van der Waals surface area contributed by atoms with Crippen LogP contribution < -0.4 is 10.1 Å². The van der Waals surface area contributed by atoms with E-state index < -0.39 is 0 Å². The lowest BCUT2D eigenvalue weighted by Crippen LogP contribution is -2.33. The molecule has 1 saturated heterocycles. The van der Waals surface area contributed by atoms with Gasteiger partial charge in [0, 0.05) is 30.2 Å². The highest BCUT2D eigenvalue weighted by Gasteiger charge is 2.27. The van der Waals surface area contributed by atoms with Crippen LogP contribution in [0.25, 0.3) is 0 Å². The van der Waals surface area contributed by atoms with Crippen molar-refractivity contribution in [3.05, 3.63) is 29.8 Å². The fourth-order valence-corrected chi connectivity index (χ4v) is 2.78. The minimum absolute atomic E-state index is 0.324. The monoisotopic (exact) mass is 248 g/mol. The van der Waals surface area contributed by atoms with E-state index in [9.17, 15) is 0 Å². The molecule has 1 aliphatic rings. The van der Waals surface area contributed by atoms with E-state index in [1.165, 1.54) is 12.0 Å². The molecular formula is C15H24N2O. The van der Waals surface area contributed by atoms with E-state index in [-0.39, 0.29) is 0 Å². The standard InChI is InChI=1S/C15H24N2O/c1-11-9-13(10-17(11)3)16-12(2)14-7-5-6-8-15(14)18-4/h5-8,11-13,16H,9-10H2,1-4H3. The fourth-order valence-electron chi connectivity index (χ4n) is 2.78. The van der Waals surface area contributed by atoms with Crippen LogP contribution in [-0.4, -0.2) is 37.7 Å². The number of para-hydroxylation sites is 1. The predicted octanol–water partition coefficient (Wildman–Crippen LogP) is 2.44. The number of hydrogen-bond donors (Lipinski definition) is 1. The van der Waals surface area contributed by atoms with Crippen molar-refractivity contribution in [2.75, 3.05) is 20.7 Å². The second-order valence-corrected chi connectivity index (χ2v) is 5.35. The zero-order chi connectivity index (χ0) is 13.1. The Labute approximate surface area is 110 Å². The second-order valence-electron chi connectivity index (χ2n) is 5.35. The third kappa shape index (κ3) is 2.85. The second kappa shape index (κ2) is 5.72. The Bertz CT molecular complexity index is 384. The third-order valence-corrected chi connectivity index (χ3v) is 3.98. The van der Waals surface area contributed by atoms with E-state index in [2.05, 4.69) is 43.2 Å². The maximum absolute atomic E-state index is 5.42. The van der Waals surface area contributed by atoms with E-state index in [4.69, 9.17) is 4.74 Å². The van der Waals surface area contributed by atoms with Gasteiger partial charge < -0.3 is 15.0 Å². The maximum Gasteiger partial charge on any atom is 0.123 e. The number of nitrogens with zero attached hydrogens (tertiary/aromatic N) is 1. The van der Waals surface area contributed by atoms with Crippen LogP contribution in [-0.2, 0) is 0 Å². The third-order valence-electron chi connectivity index (χ3n) is 3.98. The molecule has 1 fully saturated rings. The first-order valence-electron chi connectivity index (χ1n) is 6.71. The van der Waals surface area contributed by atoms with Gasteiger partial charge in [0.2, 0.25) is 0 Å². The summed E-state index contributed by atoms with van der Waals surface area (Å²) in [7, 11) is 3.93. The summed E-state index contributed by atoms with van der Waals surface area (Å²) in [6, 6.07) is 9.82.